The van der Waals surface area contributed by atoms with Gasteiger partial charge in [-0.1, -0.05) is 19.9 Å². The van der Waals surface area contributed by atoms with Gasteiger partial charge in [0, 0.05) is 6.07 Å². The van der Waals surface area contributed by atoms with Gasteiger partial charge in [-0.3, -0.25) is 0 Å². The fourth-order valence-corrected chi connectivity index (χ4v) is 2.15. The minimum absolute atomic E-state index is 0.431. The van der Waals surface area contributed by atoms with E-state index in [1.807, 2.05) is 12.1 Å². The molecule has 0 aliphatic heterocycles. The number of methoxy groups -OCH3 is 2. The number of benzene rings is 1. The van der Waals surface area contributed by atoms with Crippen molar-refractivity contribution in [2.24, 2.45) is 11.7 Å². The molecule has 0 aliphatic rings. The van der Waals surface area contributed by atoms with Crippen LogP contribution in [0.2, 0.25) is 0 Å². The highest BCUT2D eigenvalue weighted by Gasteiger charge is 2.19. The van der Waals surface area contributed by atoms with Crippen molar-refractivity contribution in [3.8, 4) is 11.5 Å². The zero-order chi connectivity index (χ0) is 12.8. The number of ether oxygens (including phenoxy) is 2. The Hall–Kier alpha value is -1.22. The van der Waals surface area contributed by atoms with Crippen molar-refractivity contribution >= 4 is 0 Å². The highest BCUT2D eigenvalue weighted by atomic mass is 16.5. The average molecular weight is 237 g/mol. The van der Waals surface area contributed by atoms with Crippen molar-refractivity contribution in [3.05, 3.63) is 23.8 Å². The third-order valence-electron chi connectivity index (χ3n) is 3.12. The lowest BCUT2D eigenvalue weighted by molar-refractivity contribution is 0.378. The molecular weight excluding hydrogens is 214 g/mol. The lowest BCUT2D eigenvalue weighted by Crippen LogP contribution is -2.13. The predicted octanol–water partition coefficient (Wildman–Crippen LogP) is 2.79. The first-order valence-corrected chi connectivity index (χ1v) is 6.06. The van der Waals surface area contributed by atoms with E-state index < -0.39 is 0 Å². The lowest BCUT2D eigenvalue weighted by Gasteiger charge is -2.23. The van der Waals surface area contributed by atoms with Gasteiger partial charge in [-0.2, -0.15) is 0 Å². The van der Waals surface area contributed by atoms with Gasteiger partial charge in [0.2, 0.25) is 0 Å². The molecule has 0 aromatic heterocycles. The molecule has 2 N–H and O–H groups in total. The topological polar surface area (TPSA) is 44.5 Å². The summed E-state index contributed by atoms with van der Waals surface area (Å²) in [5.74, 6) is 2.68. The fraction of sp³-hybridized carbons (Fsp3) is 0.571. The second-order valence-corrected chi connectivity index (χ2v) is 4.54. The molecule has 96 valence electrons. The third kappa shape index (κ3) is 3.37. The van der Waals surface area contributed by atoms with Gasteiger partial charge in [-0.25, -0.2) is 0 Å². The van der Waals surface area contributed by atoms with E-state index >= 15 is 0 Å². The molecule has 0 aliphatic carbocycles. The van der Waals surface area contributed by atoms with Crippen LogP contribution in [0.5, 0.6) is 11.5 Å². The van der Waals surface area contributed by atoms with Crippen LogP contribution < -0.4 is 15.2 Å². The molecule has 0 bridgehead atoms. The predicted molar refractivity (Wildman–Crippen MR) is 70.8 cm³/mol. The van der Waals surface area contributed by atoms with E-state index in [0.29, 0.717) is 18.4 Å². The van der Waals surface area contributed by atoms with E-state index in [2.05, 4.69) is 19.9 Å². The van der Waals surface area contributed by atoms with Crippen LogP contribution in [0.4, 0.5) is 0 Å². The first kappa shape index (κ1) is 13.8. The SMILES string of the molecule is COc1ccc(C(CCN)C(C)C)c(OC)c1. The van der Waals surface area contributed by atoms with E-state index in [1.165, 1.54) is 5.56 Å². The highest BCUT2D eigenvalue weighted by molar-refractivity contribution is 5.43. The van der Waals surface area contributed by atoms with Gasteiger partial charge < -0.3 is 15.2 Å². The molecule has 1 aromatic carbocycles. The summed E-state index contributed by atoms with van der Waals surface area (Å²) in [7, 11) is 3.35. The molecule has 0 spiro atoms. The normalized spacial score (nSPS) is 12.6. The van der Waals surface area contributed by atoms with Crippen molar-refractivity contribution in [1.29, 1.82) is 0 Å². The average Bonchev–Trinajstić information content (AvgIpc) is 2.35. The molecule has 0 saturated carbocycles. The second kappa shape index (κ2) is 6.50. The quantitative estimate of drug-likeness (QED) is 0.827. The van der Waals surface area contributed by atoms with Gasteiger partial charge in [0.05, 0.1) is 14.2 Å². The molecule has 0 fully saturated rings. The van der Waals surface area contributed by atoms with Crippen molar-refractivity contribution in [3.63, 3.8) is 0 Å². The Bertz CT molecular complexity index is 350. The molecule has 0 heterocycles. The van der Waals surface area contributed by atoms with Crippen molar-refractivity contribution < 1.29 is 9.47 Å². The van der Waals surface area contributed by atoms with Crippen molar-refractivity contribution in [1.82, 2.24) is 0 Å². The number of rotatable bonds is 6. The van der Waals surface area contributed by atoms with Crippen molar-refractivity contribution in [2.75, 3.05) is 20.8 Å². The van der Waals surface area contributed by atoms with E-state index in [9.17, 15) is 0 Å². The smallest absolute Gasteiger partial charge is 0.126 e. The molecule has 3 heteroatoms. The van der Waals surface area contributed by atoms with Crippen molar-refractivity contribution in [2.45, 2.75) is 26.2 Å². The van der Waals surface area contributed by atoms with Gasteiger partial charge in [-0.15, -0.1) is 0 Å². The Morgan fingerprint density at radius 3 is 2.35 bits per heavy atom. The van der Waals surface area contributed by atoms with Crippen LogP contribution in [-0.2, 0) is 0 Å². The molecule has 1 aromatic rings. The zero-order valence-electron chi connectivity index (χ0n) is 11.2. The van der Waals surface area contributed by atoms with Gasteiger partial charge in [0.1, 0.15) is 11.5 Å². The Balaban J connectivity index is 3.09. The number of hydrogen-bond acceptors (Lipinski definition) is 3. The van der Waals surface area contributed by atoms with Gasteiger partial charge >= 0.3 is 0 Å². The largest absolute Gasteiger partial charge is 0.497 e. The maximum Gasteiger partial charge on any atom is 0.126 e. The third-order valence-corrected chi connectivity index (χ3v) is 3.12. The monoisotopic (exact) mass is 237 g/mol. The van der Waals surface area contributed by atoms with E-state index in [4.69, 9.17) is 15.2 Å². The first-order chi connectivity index (χ1) is 8.13. The molecule has 1 rings (SSSR count). The van der Waals surface area contributed by atoms with Crippen LogP contribution in [0.15, 0.2) is 18.2 Å². The summed E-state index contributed by atoms with van der Waals surface area (Å²) in [4.78, 5) is 0. The van der Waals surface area contributed by atoms with Gasteiger partial charge in [0.25, 0.3) is 0 Å². The summed E-state index contributed by atoms with van der Waals surface area (Å²) >= 11 is 0. The van der Waals surface area contributed by atoms with E-state index in [0.717, 1.165) is 17.9 Å². The summed E-state index contributed by atoms with van der Waals surface area (Å²) in [6.07, 6.45) is 0.973. The van der Waals surface area contributed by atoms with Gasteiger partial charge in [0.15, 0.2) is 0 Å². The minimum Gasteiger partial charge on any atom is -0.497 e. The molecule has 1 atom stereocenters. The standard InChI is InChI=1S/C14H23NO2/c1-10(2)12(7-8-15)13-6-5-11(16-3)9-14(13)17-4/h5-6,9-10,12H,7-8,15H2,1-4H3. The molecular formula is C14H23NO2. The van der Waals surface area contributed by atoms with E-state index in [-0.39, 0.29) is 0 Å². The van der Waals surface area contributed by atoms with Crippen LogP contribution in [0.3, 0.4) is 0 Å². The van der Waals surface area contributed by atoms with Crippen LogP contribution in [0.25, 0.3) is 0 Å². The molecule has 1 unspecified atom stereocenters. The molecule has 0 saturated heterocycles. The Morgan fingerprint density at radius 1 is 1.18 bits per heavy atom. The Morgan fingerprint density at radius 2 is 1.88 bits per heavy atom. The van der Waals surface area contributed by atoms with Crippen LogP contribution in [0, 0.1) is 5.92 Å². The van der Waals surface area contributed by atoms with Crippen LogP contribution in [-0.4, -0.2) is 20.8 Å². The highest BCUT2D eigenvalue weighted by Crippen LogP contribution is 2.36. The minimum atomic E-state index is 0.431. The maximum absolute atomic E-state index is 5.69. The molecule has 3 nitrogen and oxygen atoms in total. The first-order valence-electron chi connectivity index (χ1n) is 6.06. The molecule has 0 amide bonds. The summed E-state index contributed by atoms with van der Waals surface area (Å²) < 4.78 is 10.7. The van der Waals surface area contributed by atoms with Crippen LogP contribution in [0.1, 0.15) is 31.7 Å². The molecule has 17 heavy (non-hydrogen) atoms. The number of hydrogen-bond donors (Lipinski definition) is 1. The fourth-order valence-electron chi connectivity index (χ4n) is 2.15. The maximum atomic E-state index is 5.69. The van der Waals surface area contributed by atoms with E-state index in [1.54, 1.807) is 14.2 Å². The second-order valence-electron chi connectivity index (χ2n) is 4.54. The Kier molecular flexibility index (Phi) is 5.29. The van der Waals surface area contributed by atoms with Gasteiger partial charge in [-0.05, 0) is 36.4 Å². The summed E-state index contributed by atoms with van der Waals surface area (Å²) in [5, 5.41) is 0. The summed E-state index contributed by atoms with van der Waals surface area (Å²) in [5.41, 5.74) is 6.90. The zero-order valence-corrected chi connectivity index (χ0v) is 11.2. The molecule has 0 radical (unpaired) electrons. The summed E-state index contributed by atoms with van der Waals surface area (Å²) in [6, 6.07) is 5.99. The lowest BCUT2D eigenvalue weighted by atomic mass is 9.85. The Labute approximate surface area is 104 Å². The number of nitrogens with two attached hydrogens (primary N) is 1. The summed E-state index contributed by atoms with van der Waals surface area (Å²) in [6.45, 7) is 5.12. The van der Waals surface area contributed by atoms with Crippen LogP contribution >= 0.6 is 0 Å².